The molecule has 2 amide bonds. The van der Waals surface area contributed by atoms with Gasteiger partial charge in [-0.2, -0.15) is 0 Å². The number of hydrogen-bond acceptors (Lipinski definition) is 5. The lowest BCUT2D eigenvalue weighted by molar-refractivity contribution is -0.156. The Morgan fingerprint density at radius 1 is 1.00 bits per heavy atom. The number of aryl methyl sites for hydroxylation is 1. The van der Waals surface area contributed by atoms with Crippen LogP contribution in [0.15, 0.2) is 83.8 Å². The van der Waals surface area contributed by atoms with Crippen molar-refractivity contribution in [2.24, 2.45) is 0 Å². The molecule has 1 heterocycles. The van der Waals surface area contributed by atoms with Crippen LogP contribution in [0.4, 0.5) is 5.69 Å². The minimum Gasteiger partial charge on any atom is -0.447 e. The molecule has 0 saturated heterocycles. The van der Waals surface area contributed by atoms with Gasteiger partial charge in [-0.15, -0.1) is 11.8 Å². The lowest BCUT2D eigenvalue weighted by Crippen LogP contribution is -2.35. The van der Waals surface area contributed by atoms with Crippen molar-refractivity contribution in [2.75, 3.05) is 11.9 Å². The smallest absolute Gasteiger partial charge is 0.308 e. The molecule has 2 atom stereocenters. The van der Waals surface area contributed by atoms with Gasteiger partial charge >= 0.3 is 5.97 Å². The van der Waals surface area contributed by atoms with Gasteiger partial charge in [0, 0.05) is 17.0 Å². The van der Waals surface area contributed by atoms with Crippen LogP contribution in [-0.2, 0) is 25.5 Å². The number of carbonyl (C=O) groups is 3. The quantitative estimate of drug-likeness (QED) is 0.472. The predicted octanol–water partition coefficient (Wildman–Crippen LogP) is 4.44. The number of nitrogens with one attached hydrogen (secondary N) is 2. The molecule has 3 aromatic carbocycles. The number of hydrogen-bond donors (Lipinski definition) is 2. The molecular weight excluding hydrogens is 448 g/mol. The van der Waals surface area contributed by atoms with Crippen molar-refractivity contribution in [3.8, 4) is 0 Å². The lowest BCUT2D eigenvalue weighted by Gasteiger charge is -2.24. The lowest BCUT2D eigenvalue weighted by atomic mass is 10.1. The first kappa shape index (κ1) is 23.6. The predicted molar refractivity (Wildman–Crippen MR) is 133 cm³/mol. The number of carbonyl (C=O) groups excluding carboxylic acids is 3. The number of fused-ring (bicyclic) bond motifs is 1. The first-order valence-electron chi connectivity index (χ1n) is 11.1. The van der Waals surface area contributed by atoms with Gasteiger partial charge in [0.15, 0.2) is 0 Å². The Kier molecular flexibility index (Phi) is 7.65. The standard InChI is InChI=1S/C27H26N2O4S/c1-18-11-13-20(14-12-18)25(27(32)28-16-15-19-7-3-2-4-8-19)33-24(30)17-23-26(31)29-21-9-5-6-10-22(21)34-23/h2-14,23,25H,15-17H2,1H3,(H,28,32)(H,29,31)/t23-,25+/m0/s1. The number of amides is 2. The van der Waals surface area contributed by atoms with E-state index in [0.717, 1.165) is 21.7 Å². The summed E-state index contributed by atoms with van der Waals surface area (Å²) in [7, 11) is 0. The molecule has 174 valence electrons. The second kappa shape index (κ2) is 11.0. The van der Waals surface area contributed by atoms with Gasteiger partial charge < -0.3 is 15.4 Å². The third kappa shape index (κ3) is 6.05. The topological polar surface area (TPSA) is 84.5 Å². The molecule has 0 fully saturated rings. The van der Waals surface area contributed by atoms with E-state index >= 15 is 0 Å². The summed E-state index contributed by atoms with van der Waals surface area (Å²) < 4.78 is 5.64. The van der Waals surface area contributed by atoms with Crippen molar-refractivity contribution in [3.05, 3.63) is 95.6 Å². The van der Waals surface area contributed by atoms with Crippen molar-refractivity contribution in [2.45, 2.75) is 36.0 Å². The minimum absolute atomic E-state index is 0.134. The molecule has 0 unspecified atom stereocenters. The summed E-state index contributed by atoms with van der Waals surface area (Å²) in [6.45, 7) is 2.36. The zero-order valence-corrected chi connectivity index (χ0v) is 19.6. The van der Waals surface area contributed by atoms with Gasteiger partial charge in [0.2, 0.25) is 12.0 Å². The minimum atomic E-state index is -1.09. The fourth-order valence-electron chi connectivity index (χ4n) is 3.64. The summed E-state index contributed by atoms with van der Waals surface area (Å²) >= 11 is 1.32. The Hall–Kier alpha value is -3.58. The number of ether oxygens (including phenoxy) is 1. The summed E-state index contributed by atoms with van der Waals surface area (Å²) in [6, 6.07) is 24.6. The van der Waals surface area contributed by atoms with Crippen LogP contribution < -0.4 is 10.6 Å². The number of para-hydroxylation sites is 1. The Labute approximate surface area is 203 Å². The second-order valence-corrected chi connectivity index (χ2v) is 9.35. The molecule has 0 spiro atoms. The van der Waals surface area contributed by atoms with Crippen molar-refractivity contribution in [1.29, 1.82) is 0 Å². The number of esters is 1. The van der Waals surface area contributed by atoms with Crippen molar-refractivity contribution < 1.29 is 19.1 Å². The maximum Gasteiger partial charge on any atom is 0.308 e. The fraction of sp³-hybridized carbons (Fsp3) is 0.222. The van der Waals surface area contributed by atoms with Crippen LogP contribution in [0.3, 0.4) is 0 Å². The van der Waals surface area contributed by atoms with Gasteiger partial charge in [-0.3, -0.25) is 14.4 Å². The summed E-state index contributed by atoms with van der Waals surface area (Å²) in [5.41, 5.74) is 3.46. The second-order valence-electron chi connectivity index (χ2n) is 8.10. The van der Waals surface area contributed by atoms with Crippen LogP contribution in [0.1, 0.15) is 29.2 Å². The maximum atomic E-state index is 13.0. The number of thioether (sulfide) groups is 1. The highest BCUT2D eigenvalue weighted by atomic mass is 32.2. The molecule has 1 aliphatic rings. The van der Waals surface area contributed by atoms with Crippen LogP contribution in [0.2, 0.25) is 0 Å². The third-order valence-electron chi connectivity index (χ3n) is 5.48. The van der Waals surface area contributed by atoms with E-state index in [-0.39, 0.29) is 18.2 Å². The van der Waals surface area contributed by atoms with E-state index in [0.29, 0.717) is 18.5 Å². The van der Waals surface area contributed by atoms with Gasteiger partial charge in [-0.05, 0) is 31.0 Å². The van der Waals surface area contributed by atoms with E-state index < -0.39 is 17.3 Å². The molecule has 0 aliphatic carbocycles. The molecule has 0 aromatic heterocycles. The van der Waals surface area contributed by atoms with E-state index in [1.54, 1.807) is 12.1 Å². The molecule has 0 saturated carbocycles. The number of rotatable bonds is 8. The number of anilines is 1. The average molecular weight is 475 g/mol. The SMILES string of the molecule is Cc1ccc([C@@H](OC(=O)C[C@@H]2Sc3ccccc3NC2=O)C(=O)NCCc2ccccc2)cc1. The highest BCUT2D eigenvalue weighted by molar-refractivity contribution is 8.01. The Balaban J connectivity index is 1.41. The van der Waals surface area contributed by atoms with Crippen LogP contribution in [0.25, 0.3) is 0 Å². The van der Waals surface area contributed by atoms with E-state index in [9.17, 15) is 14.4 Å². The van der Waals surface area contributed by atoms with Crippen molar-refractivity contribution in [3.63, 3.8) is 0 Å². The van der Waals surface area contributed by atoms with E-state index in [1.807, 2.05) is 73.7 Å². The Morgan fingerprint density at radius 2 is 1.71 bits per heavy atom. The largest absolute Gasteiger partial charge is 0.447 e. The maximum absolute atomic E-state index is 13.0. The molecule has 6 nitrogen and oxygen atoms in total. The normalized spacial score (nSPS) is 15.6. The van der Waals surface area contributed by atoms with Crippen molar-refractivity contribution >= 4 is 35.2 Å². The van der Waals surface area contributed by atoms with Gasteiger partial charge in [-0.1, -0.05) is 72.3 Å². The summed E-state index contributed by atoms with van der Waals surface area (Å²) in [5.74, 6) is -1.24. The van der Waals surface area contributed by atoms with Crippen LogP contribution in [-0.4, -0.2) is 29.6 Å². The summed E-state index contributed by atoms with van der Waals surface area (Å²) in [6.07, 6.45) is -0.558. The summed E-state index contributed by atoms with van der Waals surface area (Å²) in [5, 5.41) is 5.08. The van der Waals surface area contributed by atoms with Gasteiger partial charge in [-0.25, -0.2) is 0 Å². The molecular formula is C27H26N2O4S. The van der Waals surface area contributed by atoms with E-state index in [2.05, 4.69) is 10.6 Å². The van der Waals surface area contributed by atoms with Crippen LogP contribution >= 0.6 is 11.8 Å². The molecule has 0 radical (unpaired) electrons. The Bertz CT molecular complexity index is 1160. The first-order valence-corrected chi connectivity index (χ1v) is 12.0. The Morgan fingerprint density at radius 3 is 2.47 bits per heavy atom. The highest BCUT2D eigenvalue weighted by Crippen LogP contribution is 2.37. The molecule has 0 bridgehead atoms. The molecule has 4 rings (SSSR count). The van der Waals surface area contributed by atoms with Crippen LogP contribution in [0, 0.1) is 6.92 Å². The average Bonchev–Trinajstić information content (AvgIpc) is 2.84. The third-order valence-corrected chi connectivity index (χ3v) is 6.76. The fourth-order valence-corrected chi connectivity index (χ4v) is 4.73. The summed E-state index contributed by atoms with van der Waals surface area (Å²) in [4.78, 5) is 39.2. The molecule has 7 heteroatoms. The zero-order chi connectivity index (χ0) is 23.9. The highest BCUT2D eigenvalue weighted by Gasteiger charge is 2.32. The monoisotopic (exact) mass is 474 g/mol. The van der Waals surface area contributed by atoms with Gasteiger partial charge in [0.1, 0.15) is 0 Å². The van der Waals surface area contributed by atoms with E-state index in [4.69, 9.17) is 4.74 Å². The zero-order valence-electron chi connectivity index (χ0n) is 18.8. The van der Waals surface area contributed by atoms with Crippen molar-refractivity contribution in [1.82, 2.24) is 5.32 Å². The molecule has 2 N–H and O–H groups in total. The molecule has 1 aliphatic heterocycles. The number of benzene rings is 3. The van der Waals surface area contributed by atoms with Crippen LogP contribution in [0.5, 0.6) is 0 Å². The first-order chi connectivity index (χ1) is 16.5. The van der Waals surface area contributed by atoms with Gasteiger partial charge in [0.25, 0.3) is 5.91 Å². The molecule has 3 aromatic rings. The van der Waals surface area contributed by atoms with Gasteiger partial charge in [0.05, 0.1) is 17.4 Å². The molecule has 34 heavy (non-hydrogen) atoms. The van der Waals surface area contributed by atoms with E-state index in [1.165, 1.54) is 11.8 Å².